The van der Waals surface area contributed by atoms with Crippen molar-refractivity contribution in [3.63, 3.8) is 0 Å². The summed E-state index contributed by atoms with van der Waals surface area (Å²) >= 11 is 6.36. The number of hydrogen-bond donors (Lipinski definition) is 3. The number of carbonyl (C=O) groups excluding carboxylic acids is 3. The van der Waals surface area contributed by atoms with E-state index in [0.717, 1.165) is 24.9 Å². The lowest BCUT2D eigenvalue weighted by Crippen LogP contribution is -2.52. The molecule has 12 heteroatoms. The van der Waals surface area contributed by atoms with E-state index in [0.29, 0.717) is 42.7 Å². The number of para-hydroxylation sites is 1. The monoisotopic (exact) mass is 660 g/mol. The number of rotatable bonds is 9. The number of benzene rings is 2. The molecule has 2 fully saturated rings. The zero-order valence-corrected chi connectivity index (χ0v) is 27.3. The number of fused-ring (bicyclic) bond motifs is 2. The first-order chi connectivity index (χ1) is 22.6. The summed E-state index contributed by atoms with van der Waals surface area (Å²) in [6, 6.07) is 11.0. The number of carbonyl (C=O) groups is 3. The second kappa shape index (κ2) is 14.7. The average molecular weight is 661 g/mol. The predicted molar refractivity (Wildman–Crippen MR) is 182 cm³/mol. The van der Waals surface area contributed by atoms with Crippen LogP contribution in [0.15, 0.2) is 61.5 Å². The van der Waals surface area contributed by atoms with E-state index in [2.05, 4.69) is 23.1 Å². The second-order valence-electron chi connectivity index (χ2n) is 12.1. The number of nitrogens with zero attached hydrogens (tertiary/aromatic N) is 3. The third-order valence-corrected chi connectivity index (χ3v) is 9.25. The Hall–Kier alpha value is -4.82. The summed E-state index contributed by atoms with van der Waals surface area (Å²) in [6.07, 6.45) is 11.4. The molecule has 2 saturated heterocycles. The maximum atomic E-state index is 13.9. The maximum absolute atomic E-state index is 13.9. The van der Waals surface area contributed by atoms with Gasteiger partial charge in [-0.05, 0) is 36.6 Å². The van der Waals surface area contributed by atoms with Crippen molar-refractivity contribution in [1.82, 2.24) is 20.0 Å². The first-order valence-corrected chi connectivity index (χ1v) is 16.1. The molecule has 0 radical (unpaired) electrons. The molecule has 11 nitrogen and oxygen atoms in total. The van der Waals surface area contributed by atoms with Crippen molar-refractivity contribution in [2.24, 2.45) is 0 Å². The van der Waals surface area contributed by atoms with E-state index in [1.807, 2.05) is 54.7 Å². The van der Waals surface area contributed by atoms with Gasteiger partial charge < -0.3 is 35.2 Å². The highest BCUT2D eigenvalue weighted by atomic mass is 35.5. The molecular formula is C35H41ClN6O5. The van der Waals surface area contributed by atoms with E-state index in [1.165, 1.54) is 0 Å². The Morgan fingerprint density at radius 3 is 2.68 bits per heavy atom. The Balaban J connectivity index is 1.27. The number of nitrogen functional groups attached to an aromatic ring is 1. The molecular weight excluding hydrogens is 620 g/mol. The van der Waals surface area contributed by atoms with E-state index in [-0.39, 0.29) is 42.2 Å². The van der Waals surface area contributed by atoms with Gasteiger partial charge in [0, 0.05) is 88.6 Å². The van der Waals surface area contributed by atoms with Crippen LogP contribution in [-0.2, 0) is 26.3 Å². The van der Waals surface area contributed by atoms with Gasteiger partial charge in [-0.1, -0.05) is 41.8 Å². The maximum Gasteiger partial charge on any atom is 0.412 e. The Morgan fingerprint density at radius 2 is 1.98 bits per heavy atom. The standard InChI is InChI=1S/C35H41ClN6O5/c1-4-15-40(3)20-14-38-26-10-16-41(17-11-26)32(43)30(23-24-21-25(5-2)31(37)28(36)22-24)46-34(45)42-18-12-35(13-19-42)27-8-6-7-9-29(27)39-33(44)47-35/h2,4,6-9,14,20-22,26,30,38H,1,10-13,15-19,23,37H2,3H3,(H,39,44)/b20-14-/t30-/m1/s1. The Bertz CT molecular complexity index is 1570. The van der Waals surface area contributed by atoms with Gasteiger partial charge in [0.25, 0.3) is 5.91 Å². The Labute approximate surface area is 280 Å². The number of likely N-dealkylation sites (tertiary alicyclic amines) is 2. The molecule has 2 aromatic rings. The molecule has 3 amide bonds. The Kier molecular flexibility index (Phi) is 10.5. The fourth-order valence-corrected chi connectivity index (χ4v) is 6.56. The normalized spacial score (nSPS) is 18.0. The molecule has 1 atom stereocenters. The van der Waals surface area contributed by atoms with E-state index < -0.39 is 23.9 Å². The first kappa shape index (κ1) is 33.5. The number of amides is 3. The van der Waals surface area contributed by atoms with Gasteiger partial charge in [-0.25, -0.2) is 9.59 Å². The lowest BCUT2D eigenvalue weighted by molar-refractivity contribution is -0.142. The number of likely N-dealkylation sites (N-methyl/N-ethyl adjacent to an activating group) is 1. The third kappa shape index (κ3) is 7.77. The molecule has 248 valence electrons. The van der Waals surface area contributed by atoms with Crippen molar-refractivity contribution in [3.8, 4) is 12.3 Å². The zero-order valence-electron chi connectivity index (χ0n) is 26.5. The smallest absolute Gasteiger partial charge is 0.412 e. The van der Waals surface area contributed by atoms with Gasteiger partial charge in [-0.15, -0.1) is 13.0 Å². The molecule has 5 rings (SSSR count). The van der Waals surface area contributed by atoms with Crippen molar-refractivity contribution in [1.29, 1.82) is 0 Å². The molecule has 2 aromatic carbocycles. The van der Waals surface area contributed by atoms with E-state index in [4.69, 9.17) is 33.2 Å². The summed E-state index contributed by atoms with van der Waals surface area (Å²) in [5.74, 6) is 2.24. The number of hydrogen-bond acceptors (Lipinski definition) is 8. The predicted octanol–water partition coefficient (Wildman–Crippen LogP) is 4.67. The van der Waals surface area contributed by atoms with Crippen molar-refractivity contribution >= 4 is 41.1 Å². The Morgan fingerprint density at radius 1 is 1.26 bits per heavy atom. The molecule has 0 bridgehead atoms. The SMILES string of the molecule is C#Cc1cc(C[C@@H](OC(=O)N2CCC3(CC2)OC(=O)Nc2ccccc23)C(=O)N2CCC(N/C=C\N(C)CC=C)CC2)cc(Cl)c1N. The van der Waals surface area contributed by atoms with Crippen LogP contribution in [0.4, 0.5) is 21.0 Å². The van der Waals surface area contributed by atoms with Crippen LogP contribution in [0.2, 0.25) is 5.02 Å². The second-order valence-corrected chi connectivity index (χ2v) is 12.5. The van der Waals surface area contributed by atoms with Crippen LogP contribution in [0.3, 0.4) is 0 Å². The lowest BCUT2D eigenvalue weighted by atomic mass is 9.82. The van der Waals surface area contributed by atoms with E-state index >= 15 is 0 Å². The third-order valence-electron chi connectivity index (χ3n) is 8.94. The van der Waals surface area contributed by atoms with Gasteiger partial charge in [0.15, 0.2) is 6.10 Å². The van der Waals surface area contributed by atoms with Gasteiger partial charge in [0.1, 0.15) is 5.60 Å². The quantitative estimate of drug-likeness (QED) is 0.201. The lowest BCUT2D eigenvalue weighted by Gasteiger charge is -2.44. The minimum atomic E-state index is -1.11. The molecule has 1 spiro atoms. The highest BCUT2D eigenvalue weighted by molar-refractivity contribution is 6.33. The topological polar surface area (TPSA) is 129 Å². The minimum Gasteiger partial charge on any atom is -0.438 e. The number of piperidine rings is 2. The van der Waals surface area contributed by atoms with Gasteiger partial charge in [0.05, 0.1) is 16.4 Å². The van der Waals surface area contributed by atoms with Crippen LogP contribution in [0.1, 0.15) is 42.4 Å². The molecule has 0 aliphatic carbocycles. The largest absolute Gasteiger partial charge is 0.438 e. The summed E-state index contributed by atoms with van der Waals surface area (Å²) in [7, 11) is 1.96. The summed E-state index contributed by atoms with van der Waals surface area (Å²) in [4.78, 5) is 45.2. The number of nitrogens with one attached hydrogen (secondary N) is 2. The molecule has 3 aliphatic rings. The summed E-state index contributed by atoms with van der Waals surface area (Å²) in [5.41, 5.74) is 8.08. The van der Waals surface area contributed by atoms with Crippen LogP contribution < -0.4 is 16.4 Å². The van der Waals surface area contributed by atoms with E-state index in [1.54, 1.807) is 21.9 Å². The highest BCUT2D eigenvalue weighted by Gasteiger charge is 2.45. The van der Waals surface area contributed by atoms with Crippen LogP contribution in [-0.4, -0.2) is 84.7 Å². The molecule has 4 N–H and O–H groups in total. The minimum absolute atomic E-state index is 0.0737. The van der Waals surface area contributed by atoms with E-state index in [9.17, 15) is 14.4 Å². The summed E-state index contributed by atoms with van der Waals surface area (Å²) < 4.78 is 11.8. The van der Waals surface area contributed by atoms with Crippen LogP contribution in [0, 0.1) is 12.3 Å². The molecule has 0 unspecified atom stereocenters. The molecule has 0 aromatic heterocycles. The van der Waals surface area contributed by atoms with Crippen molar-refractivity contribution in [2.75, 3.05) is 50.8 Å². The molecule has 0 saturated carbocycles. The highest BCUT2D eigenvalue weighted by Crippen LogP contribution is 2.43. The molecule has 3 aliphatic heterocycles. The fourth-order valence-electron chi connectivity index (χ4n) is 6.32. The molecule has 3 heterocycles. The van der Waals surface area contributed by atoms with Crippen molar-refractivity contribution < 1.29 is 23.9 Å². The summed E-state index contributed by atoms with van der Waals surface area (Å²) in [6.45, 7) is 6.06. The van der Waals surface area contributed by atoms with Gasteiger partial charge in [-0.3, -0.25) is 10.1 Å². The van der Waals surface area contributed by atoms with Crippen LogP contribution >= 0.6 is 11.6 Å². The van der Waals surface area contributed by atoms with Crippen molar-refractivity contribution in [3.05, 3.63) is 83.2 Å². The van der Waals surface area contributed by atoms with Crippen molar-refractivity contribution in [2.45, 2.75) is 49.9 Å². The zero-order chi connectivity index (χ0) is 33.6. The van der Waals surface area contributed by atoms with Gasteiger partial charge in [0.2, 0.25) is 0 Å². The number of ether oxygens (including phenoxy) is 2. The van der Waals surface area contributed by atoms with Crippen LogP contribution in [0.25, 0.3) is 0 Å². The first-order valence-electron chi connectivity index (χ1n) is 15.7. The average Bonchev–Trinajstić information content (AvgIpc) is 3.06. The summed E-state index contributed by atoms with van der Waals surface area (Å²) in [5, 5.41) is 6.42. The number of halogens is 1. The molecule has 47 heavy (non-hydrogen) atoms. The van der Waals surface area contributed by atoms with Crippen LogP contribution in [0.5, 0.6) is 0 Å². The fraction of sp³-hybridized carbons (Fsp3) is 0.400. The number of anilines is 2. The van der Waals surface area contributed by atoms with Gasteiger partial charge in [-0.2, -0.15) is 0 Å². The number of terminal acetylenes is 1. The van der Waals surface area contributed by atoms with Gasteiger partial charge >= 0.3 is 12.2 Å². The number of nitrogens with two attached hydrogens (primary N) is 1.